The molecule has 3 nitrogen and oxygen atoms in total. The minimum Gasteiger partial charge on any atom is -0.454 e. The van der Waals surface area contributed by atoms with Crippen molar-refractivity contribution in [3.8, 4) is 22.5 Å². The molecule has 0 saturated heterocycles. The van der Waals surface area contributed by atoms with E-state index in [1.807, 2.05) is 0 Å². The van der Waals surface area contributed by atoms with E-state index in [1.54, 1.807) is 0 Å². The molecular formula is C54H50N2O. The zero-order valence-corrected chi connectivity index (χ0v) is 34.6. The van der Waals surface area contributed by atoms with Crippen LogP contribution in [0.3, 0.4) is 0 Å². The molecule has 282 valence electrons. The second-order valence-electron chi connectivity index (χ2n) is 19.1. The number of furan rings is 1. The van der Waals surface area contributed by atoms with Crippen LogP contribution in [-0.2, 0) is 16.2 Å². The molecule has 0 radical (unpaired) electrons. The Morgan fingerprint density at radius 2 is 0.842 bits per heavy atom. The number of para-hydroxylation sites is 3. The first kappa shape index (κ1) is 35.4. The van der Waals surface area contributed by atoms with Gasteiger partial charge in [0.1, 0.15) is 5.58 Å². The summed E-state index contributed by atoms with van der Waals surface area (Å²) in [5.74, 6) is 0. The van der Waals surface area contributed by atoms with Gasteiger partial charge in [0, 0.05) is 43.6 Å². The Balaban J connectivity index is 1.23. The van der Waals surface area contributed by atoms with Crippen LogP contribution in [0.4, 0.5) is 0 Å². The first-order valence-corrected chi connectivity index (χ1v) is 20.4. The third kappa shape index (κ3) is 5.54. The molecule has 0 saturated carbocycles. The second-order valence-corrected chi connectivity index (χ2v) is 19.1. The summed E-state index contributed by atoms with van der Waals surface area (Å²) in [5, 5.41) is 7.34. The molecule has 0 spiro atoms. The highest BCUT2D eigenvalue weighted by molar-refractivity contribution is 6.15. The van der Waals surface area contributed by atoms with Crippen LogP contribution in [0.25, 0.3) is 88.1 Å². The van der Waals surface area contributed by atoms with Crippen molar-refractivity contribution in [3.63, 3.8) is 0 Å². The van der Waals surface area contributed by atoms with Crippen molar-refractivity contribution in [2.75, 3.05) is 0 Å². The van der Waals surface area contributed by atoms with E-state index < -0.39 is 0 Å². The summed E-state index contributed by atoms with van der Waals surface area (Å²) in [6.45, 7) is 20.8. The topological polar surface area (TPSA) is 23.0 Å². The van der Waals surface area contributed by atoms with Crippen molar-refractivity contribution in [2.24, 2.45) is 0 Å². The normalized spacial score (nSPS) is 13.0. The fourth-order valence-corrected chi connectivity index (χ4v) is 8.97. The summed E-state index contributed by atoms with van der Waals surface area (Å²) >= 11 is 0. The fraction of sp³-hybridized carbons (Fsp3) is 0.222. The third-order valence-corrected chi connectivity index (χ3v) is 12.1. The molecule has 0 bridgehead atoms. The monoisotopic (exact) mass is 742 g/mol. The first-order valence-electron chi connectivity index (χ1n) is 20.4. The zero-order valence-electron chi connectivity index (χ0n) is 34.6. The molecule has 0 aliphatic carbocycles. The maximum Gasteiger partial charge on any atom is 0.159 e. The van der Waals surface area contributed by atoms with Crippen molar-refractivity contribution in [1.29, 1.82) is 0 Å². The maximum absolute atomic E-state index is 7.18. The Labute approximate surface area is 335 Å². The number of hydrogen-bond donors (Lipinski definition) is 0. The predicted octanol–water partition coefficient (Wildman–Crippen LogP) is 15.3. The molecule has 0 fully saturated rings. The molecular weight excluding hydrogens is 693 g/mol. The molecule has 0 N–H and O–H groups in total. The van der Waals surface area contributed by atoms with Crippen molar-refractivity contribution < 1.29 is 4.42 Å². The molecule has 0 aliphatic rings. The minimum atomic E-state index is -0.0941. The average Bonchev–Trinajstić information content (AvgIpc) is 3.84. The lowest BCUT2D eigenvalue weighted by Crippen LogP contribution is -2.16. The Bertz CT molecular complexity index is 3220. The van der Waals surface area contributed by atoms with Gasteiger partial charge in [-0.3, -0.25) is 0 Å². The first-order chi connectivity index (χ1) is 27.2. The fourth-order valence-electron chi connectivity index (χ4n) is 8.97. The van der Waals surface area contributed by atoms with Crippen LogP contribution in [-0.4, -0.2) is 9.13 Å². The second kappa shape index (κ2) is 12.2. The lowest BCUT2D eigenvalue weighted by molar-refractivity contribution is 0.559. The molecule has 57 heavy (non-hydrogen) atoms. The summed E-state index contributed by atoms with van der Waals surface area (Å²) in [6, 6.07) is 51.8. The van der Waals surface area contributed by atoms with Gasteiger partial charge in [0.2, 0.25) is 0 Å². The quantitative estimate of drug-likeness (QED) is 0.177. The summed E-state index contributed by atoms with van der Waals surface area (Å²) in [4.78, 5) is 0. The van der Waals surface area contributed by atoms with Gasteiger partial charge in [-0.1, -0.05) is 135 Å². The van der Waals surface area contributed by atoms with Crippen LogP contribution in [0.2, 0.25) is 0 Å². The lowest BCUT2D eigenvalue weighted by atomic mass is 9.79. The van der Waals surface area contributed by atoms with Gasteiger partial charge in [0.25, 0.3) is 0 Å². The third-order valence-electron chi connectivity index (χ3n) is 12.1. The highest BCUT2D eigenvalue weighted by Gasteiger charge is 2.28. The van der Waals surface area contributed by atoms with Gasteiger partial charge in [-0.05, 0) is 105 Å². The summed E-state index contributed by atoms with van der Waals surface area (Å²) in [5.41, 5.74) is 15.0. The van der Waals surface area contributed by atoms with Gasteiger partial charge in [0.05, 0.1) is 27.8 Å². The molecule has 3 aromatic heterocycles. The Kier molecular flexibility index (Phi) is 7.58. The molecule has 0 aliphatic heterocycles. The SMILES string of the molecule is CC(C)(C)c1cc(-n2c3ccccc3c3cc(-c4ccc5c(c4)c4ccccc4n5-c4ccccc4)ccc32)c2oc3c(C(C)(C)C)cc(C(C)(C)C)cc3c2c1. The Morgan fingerprint density at radius 3 is 1.40 bits per heavy atom. The van der Waals surface area contributed by atoms with Gasteiger partial charge in [0.15, 0.2) is 5.58 Å². The Morgan fingerprint density at radius 1 is 0.368 bits per heavy atom. The molecule has 10 aromatic rings. The van der Waals surface area contributed by atoms with Gasteiger partial charge >= 0.3 is 0 Å². The van der Waals surface area contributed by atoms with Crippen LogP contribution < -0.4 is 0 Å². The molecule has 10 rings (SSSR count). The van der Waals surface area contributed by atoms with E-state index in [1.165, 1.54) is 87.9 Å². The predicted molar refractivity (Wildman–Crippen MR) is 244 cm³/mol. The standard InChI is InChI=1S/C54H50N2O/c1-52(2,3)35-29-42-43-30-36(53(4,5)6)32-49(51(43)57-50(42)44(31-35)54(7,8)9)56-46-22-16-14-20-39(46)41-28-34(24-26-48(41)56)33-23-25-47-40(27-33)38-19-13-15-21-45(38)55(47)37-17-11-10-12-18-37/h10-32H,1-9H3. The van der Waals surface area contributed by atoms with E-state index in [-0.39, 0.29) is 16.2 Å². The lowest BCUT2D eigenvalue weighted by Gasteiger charge is -2.25. The van der Waals surface area contributed by atoms with Gasteiger partial charge < -0.3 is 13.6 Å². The zero-order chi connectivity index (χ0) is 39.6. The van der Waals surface area contributed by atoms with Crippen molar-refractivity contribution in [2.45, 2.75) is 78.6 Å². The number of rotatable bonds is 3. The molecule has 7 aromatic carbocycles. The van der Waals surface area contributed by atoms with Crippen molar-refractivity contribution >= 4 is 65.6 Å². The minimum absolute atomic E-state index is 0.00369. The van der Waals surface area contributed by atoms with Crippen molar-refractivity contribution in [1.82, 2.24) is 9.13 Å². The van der Waals surface area contributed by atoms with Gasteiger partial charge in [-0.15, -0.1) is 0 Å². The van der Waals surface area contributed by atoms with E-state index in [0.717, 1.165) is 16.9 Å². The van der Waals surface area contributed by atoms with E-state index in [2.05, 4.69) is 211 Å². The van der Waals surface area contributed by atoms with Crippen LogP contribution in [0.15, 0.2) is 144 Å². The number of nitrogens with zero attached hydrogens (tertiary/aromatic N) is 2. The van der Waals surface area contributed by atoms with Crippen LogP contribution in [0.1, 0.15) is 79.0 Å². The summed E-state index contributed by atoms with van der Waals surface area (Å²) < 4.78 is 12.0. The Hall–Kier alpha value is -6.06. The van der Waals surface area contributed by atoms with E-state index in [4.69, 9.17) is 4.42 Å². The summed E-state index contributed by atoms with van der Waals surface area (Å²) in [6.07, 6.45) is 0. The smallest absolute Gasteiger partial charge is 0.159 e. The maximum atomic E-state index is 7.18. The largest absolute Gasteiger partial charge is 0.454 e. The van der Waals surface area contributed by atoms with Gasteiger partial charge in [-0.2, -0.15) is 0 Å². The van der Waals surface area contributed by atoms with E-state index in [9.17, 15) is 0 Å². The number of aromatic nitrogens is 2. The number of benzene rings is 7. The average molecular weight is 743 g/mol. The van der Waals surface area contributed by atoms with E-state index >= 15 is 0 Å². The van der Waals surface area contributed by atoms with Crippen molar-refractivity contribution in [3.05, 3.63) is 156 Å². The van der Waals surface area contributed by atoms with Gasteiger partial charge in [-0.25, -0.2) is 0 Å². The highest BCUT2D eigenvalue weighted by Crippen LogP contribution is 2.45. The van der Waals surface area contributed by atoms with E-state index in [0.29, 0.717) is 0 Å². The number of fused-ring (bicyclic) bond motifs is 9. The molecule has 0 amide bonds. The molecule has 0 unspecified atom stereocenters. The molecule has 3 heterocycles. The van der Waals surface area contributed by atoms with Crippen LogP contribution in [0.5, 0.6) is 0 Å². The molecule has 0 atom stereocenters. The molecule has 3 heteroatoms. The van der Waals surface area contributed by atoms with Crippen LogP contribution >= 0.6 is 0 Å². The number of hydrogen-bond acceptors (Lipinski definition) is 1. The summed E-state index contributed by atoms with van der Waals surface area (Å²) in [7, 11) is 0. The van der Waals surface area contributed by atoms with Crippen LogP contribution in [0, 0.1) is 0 Å². The highest BCUT2D eigenvalue weighted by atomic mass is 16.3.